The number of hydrogen-bond donors (Lipinski definition) is 0. The fourth-order valence-corrected chi connectivity index (χ4v) is 11.0. The SMILES string of the molecule is CC(C)(C)Cc1cc(Br)c(CC(C)(C)C)cc1F.CC(C)(C)Cc1cc(Br)c(CC(C)(C)C)cc1F.CC(C)(C)Cc1cc(F)cc(C(C)(C)C)c1.CC(C)(C)Cc1ccc(CC(C)(C)C)cc1.CC(C)(C)Cc1cccc(CC(C)(C)C)c1. The molecule has 5 aromatic carbocycles. The number of benzene rings is 5. The highest BCUT2D eigenvalue weighted by atomic mass is 79.9. The molecule has 0 saturated carbocycles. The minimum Gasteiger partial charge on any atom is -0.207 e. The van der Waals surface area contributed by atoms with Gasteiger partial charge in [-0.05, 0) is 204 Å². The van der Waals surface area contributed by atoms with Crippen LogP contribution in [0, 0.1) is 66.2 Å². The zero-order valence-corrected chi connectivity index (χ0v) is 62.6. The second kappa shape index (κ2) is 31.3. The van der Waals surface area contributed by atoms with Gasteiger partial charge >= 0.3 is 0 Å². The predicted molar refractivity (Wildman–Crippen MR) is 375 cm³/mol. The Morgan fingerprint density at radius 3 is 0.798 bits per heavy atom. The minimum absolute atomic E-state index is 0.00866. The summed E-state index contributed by atoms with van der Waals surface area (Å²) in [5.74, 6) is -0.272. The zero-order valence-electron chi connectivity index (χ0n) is 59.4. The van der Waals surface area contributed by atoms with E-state index in [0.29, 0.717) is 21.7 Å². The Labute approximate surface area is 534 Å². The van der Waals surface area contributed by atoms with Gasteiger partial charge in [0.15, 0.2) is 0 Å². The van der Waals surface area contributed by atoms with E-state index >= 15 is 0 Å². The molecule has 0 saturated heterocycles. The molecule has 0 bridgehead atoms. The number of rotatable bonds is 9. The van der Waals surface area contributed by atoms with Crippen LogP contribution in [0.3, 0.4) is 0 Å². The molecular weight excluding hydrogens is 1170 g/mol. The van der Waals surface area contributed by atoms with Crippen LogP contribution in [0.25, 0.3) is 0 Å². The van der Waals surface area contributed by atoms with Gasteiger partial charge in [-0.25, -0.2) is 13.2 Å². The van der Waals surface area contributed by atoms with Crippen molar-refractivity contribution in [2.24, 2.45) is 48.7 Å². The Balaban J connectivity index is 0.000000526. The van der Waals surface area contributed by atoms with Crippen molar-refractivity contribution in [3.63, 3.8) is 0 Å². The number of hydrogen-bond acceptors (Lipinski definition) is 0. The Bertz CT molecular complexity index is 2520. The molecule has 474 valence electrons. The first-order valence-corrected chi connectivity index (χ1v) is 32.8. The summed E-state index contributed by atoms with van der Waals surface area (Å²) in [5.41, 5.74) is 14.0. The van der Waals surface area contributed by atoms with Crippen LogP contribution in [0.1, 0.15) is 263 Å². The normalized spacial score (nSPS) is 12.9. The smallest absolute Gasteiger partial charge is 0.126 e. The van der Waals surface area contributed by atoms with E-state index in [1.807, 2.05) is 12.1 Å². The molecular formula is C79H123Br2F3. The molecule has 5 heteroatoms. The molecule has 5 rings (SSSR count). The third-order valence-electron chi connectivity index (χ3n) is 12.8. The molecule has 0 nitrogen and oxygen atoms in total. The maximum atomic E-state index is 14.1. The monoisotopic (exact) mass is 1290 g/mol. The van der Waals surface area contributed by atoms with E-state index in [9.17, 15) is 13.2 Å². The van der Waals surface area contributed by atoms with Gasteiger partial charge in [-0.2, -0.15) is 0 Å². The summed E-state index contributed by atoms with van der Waals surface area (Å²) < 4.78 is 43.8. The van der Waals surface area contributed by atoms with Gasteiger partial charge in [0, 0.05) is 8.95 Å². The molecule has 0 aliphatic heterocycles. The lowest BCUT2D eigenvalue weighted by molar-refractivity contribution is 0.398. The molecule has 0 aliphatic rings. The van der Waals surface area contributed by atoms with Gasteiger partial charge in [0.25, 0.3) is 0 Å². The van der Waals surface area contributed by atoms with Gasteiger partial charge < -0.3 is 0 Å². The lowest BCUT2D eigenvalue weighted by Crippen LogP contribution is -2.14. The Hall–Kier alpha value is -3.15. The van der Waals surface area contributed by atoms with Crippen molar-refractivity contribution >= 4 is 31.9 Å². The van der Waals surface area contributed by atoms with Crippen molar-refractivity contribution < 1.29 is 13.2 Å². The molecule has 0 N–H and O–H groups in total. The van der Waals surface area contributed by atoms with Crippen molar-refractivity contribution in [3.8, 4) is 0 Å². The first kappa shape index (κ1) is 78.9. The molecule has 0 atom stereocenters. The lowest BCUT2D eigenvalue weighted by atomic mass is 9.83. The summed E-state index contributed by atoms with van der Waals surface area (Å²) in [4.78, 5) is 0. The van der Waals surface area contributed by atoms with Crippen LogP contribution in [0.5, 0.6) is 0 Å². The van der Waals surface area contributed by atoms with E-state index in [4.69, 9.17) is 0 Å². The first-order valence-electron chi connectivity index (χ1n) is 31.2. The minimum atomic E-state index is -0.119. The van der Waals surface area contributed by atoms with Crippen LogP contribution in [-0.4, -0.2) is 0 Å². The van der Waals surface area contributed by atoms with E-state index < -0.39 is 0 Å². The maximum Gasteiger partial charge on any atom is 0.126 e. The fourth-order valence-electron chi connectivity index (χ4n) is 9.96. The Morgan fingerprint density at radius 1 is 0.262 bits per heavy atom. The van der Waals surface area contributed by atoms with Gasteiger partial charge in [0.05, 0.1) is 0 Å². The van der Waals surface area contributed by atoms with Crippen molar-refractivity contribution in [1.82, 2.24) is 0 Å². The van der Waals surface area contributed by atoms with E-state index in [1.54, 1.807) is 24.3 Å². The summed E-state index contributed by atoms with van der Waals surface area (Å²) >= 11 is 7.15. The Morgan fingerprint density at radius 2 is 0.524 bits per heavy atom. The zero-order chi connectivity index (χ0) is 65.6. The first-order chi connectivity index (χ1) is 37.3. The van der Waals surface area contributed by atoms with Crippen LogP contribution in [-0.2, 0) is 63.2 Å². The number of halogens is 5. The second-order valence-electron chi connectivity index (χ2n) is 36.4. The topological polar surface area (TPSA) is 0 Å². The molecule has 5 aromatic rings. The third kappa shape index (κ3) is 38.2. The largest absolute Gasteiger partial charge is 0.207 e. The quantitative estimate of drug-likeness (QED) is 0.138. The van der Waals surface area contributed by atoms with Gasteiger partial charge in [0.1, 0.15) is 17.5 Å². The molecule has 0 aromatic heterocycles. The highest BCUT2D eigenvalue weighted by Crippen LogP contribution is 2.34. The average molecular weight is 1290 g/mol. The average Bonchev–Trinajstić information content (AvgIpc) is 3.44. The summed E-state index contributed by atoms with van der Waals surface area (Å²) in [6, 6.07) is 30.9. The fraction of sp³-hybridized carbons (Fsp3) is 0.620. The van der Waals surface area contributed by atoms with Crippen molar-refractivity contribution in [2.45, 2.75) is 271 Å². The van der Waals surface area contributed by atoms with E-state index in [0.717, 1.165) is 100 Å². The van der Waals surface area contributed by atoms with Gasteiger partial charge in [-0.3, -0.25) is 0 Å². The third-order valence-corrected chi connectivity index (χ3v) is 14.3. The lowest BCUT2D eigenvalue weighted by Gasteiger charge is -2.23. The van der Waals surface area contributed by atoms with Gasteiger partial charge in [-0.1, -0.05) is 294 Å². The van der Waals surface area contributed by atoms with Gasteiger partial charge in [-0.15, -0.1) is 0 Å². The van der Waals surface area contributed by atoms with Crippen LogP contribution in [0.2, 0.25) is 0 Å². The van der Waals surface area contributed by atoms with Crippen LogP contribution in [0.4, 0.5) is 13.2 Å². The van der Waals surface area contributed by atoms with E-state index in [-0.39, 0.29) is 49.9 Å². The molecule has 0 radical (unpaired) electrons. The van der Waals surface area contributed by atoms with E-state index in [2.05, 4.69) is 294 Å². The highest BCUT2D eigenvalue weighted by molar-refractivity contribution is 9.10. The molecule has 0 unspecified atom stereocenters. The molecule has 0 aliphatic carbocycles. The van der Waals surface area contributed by atoms with Crippen molar-refractivity contribution in [3.05, 3.63) is 173 Å². The predicted octanol–water partition coefficient (Wildman–Crippen LogP) is 26.0. The Kier molecular flexibility index (Phi) is 29.4. The van der Waals surface area contributed by atoms with Crippen LogP contribution < -0.4 is 0 Å². The molecule has 84 heavy (non-hydrogen) atoms. The summed E-state index contributed by atoms with van der Waals surface area (Å²) in [6.45, 7) is 66.1. The van der Waals surface area contributed by atoms with Crippen molar-refractivity contribution in [2.75, 3.05) is 0 Å². The maximum absolute atomic E-state index is 14.1. The molecule has 0 heterocycles. The molecule has 0 spiro atoms. The summed E-state index contributed by atoms with van der Waals surface area (Å²) in [6.07, 6.45) is 8.80. The summed E-state index contributed by atoms with van der Waals surface area (Å²) in [5, 5.41) is 0. The van der Waals surface area contributed by atoms with Crippen molar-refractivity contribution in [1.29, 1.82) is 0 Å². The van der Waals surface area contributed by atoms with Crippen LogP contribution >= 0.6 is 31.9 Å². The summed E-state index contributed by atoms with van der Waals surface area (Å²) in [7, 11) is 0. The van der Waals surface area contributed by atoms with Crippen LogP contribution in [0.15, 0.2) is 99.9 Å². The molecule has 0 amide bonds. The van der Waals surface area contributed by atoms with Gasteiger partial charge in [0.2, 0.25) is 0 Å². The highest BCUT2D eigenvalue weighted by Gasteiger charge is 2.23. The standard InChI is InChI=1S/2C16H24BrF.2C16H26.C15H23F/c2*1-15(2,3)9-11-8-14(18)12(7-13(11)17)10-16(4,5)6;1-15(2,3)11-13-7-9-14(10-8-13)12-16(4,5)6;1-15(2,3)11-13-8-7-9-14(10-13)12-16(4,5)6;1-14(2,3)10-11-7-12(15(4,5)6)9-13(16)8-11/h2*7-8H,9-10H2,1-6H3;2*7-10H,11-12H2,1-6H3;7-9H,10H2,1-6H3. The molecule has 0 fully saturated rings. The van der Waals surface area contributed by atoms with E-state index in [1.165, 1.54) is 22.3 Å². The second-order valence-corrected chi connectivity index (χ2v) is 38.2.